The first-order chi connectivity index (χ1) is 31.5. The lowest BCUT2D eigenvalue weighted by Crippen LogP contribution is -2.23. The van der Waals surface area contributed by atoms with Gasteiger partial charge in [0.25, 0.3) is 5.91 Å². The van der Waals surface area contributed by atoms with Crippen LogP contribution in [0.3, 0.4) is 0 Å². The number of aromatic carboxylic acids is 1. The molecule has 15 heteroatoms. The first kappa shape index (κ1) is 45.7. The predicted molar refractivity (Wildman–Crippen MR) is 257 cm³/mol. The van der Waals surface area contributed by atoms with Crippen LogP contribution < -0.4 is 22.5 Å². The number of carbonyl (C=O) groups is 2. The van der Waals surface area contributed by atoms with Gasteiger partial charge in [-0.15, -0.1) is 0 Å². The maximum absolute atomic E-state index is 12.7. The SMILES string of the molecule is C.Cc1ccc2ncc(Cc3cc(C(=O)NCc4ccc5c(N)noc5c4)ccn3)cc2c1.Cc1ccc2ncc(Cc3cc(C(=O)O)ccn3)cc2c1.NCC1C=Cc2onc(N)c2C1. The number of nitrogens with zero attached hydrogens (tertiary/aromatic N) is 6. The zero-order chi connectivity index (χ0) is 45.5. The number of amides is 1. The Labute approximate surface area is 380 Å². The molecule has 0 radical (unpaired) electrons. The Morgan fingerprint density at radius 1 is 0.712 bits per heavy atom. The molecular formula is C51H50N10O5. The first-order valence-corrected chi connectivity index (χ1v) is 20.9. The van der Waals surface area contributed by atoms with Crippen molar-refractivity contribution in [3.05, 3.63) is 184 Å². The molecule has 1 amide bonds. The zero-order valence-electron chi connectivity index (χ0n) is 35.7. The summed E-state index contributed by atoms with van der Waals surface area (Å²) in [5.74, 6) is 0.893. The largest absolute Gasteiger partial charge is 0.478 e. The van der Waals surface area contributed by atoms with Gasteiger partial charge < -0.3 is 36.7 Å². The second kappa shape index (κ2) is 20.5. The lowest BCUT2D eigenvalue weighted by molar-refractivity contribution is 0.0696. The van der Waals surface area contributed by atoms with E-state index in [0.717, 1.165) is 73.0 Å². The number of benzene rings is 3. The molecule has 9 aromatic rings. The van der Waals surface area contributed by atoms with Gasteiger partial charge in [0.1, 0.15) is 0 Å². The van der Waals surface area contributed by atoms with E-state index < -0.39 is 5.97 Å². The Balaban J connectivity index is 0.000000163. The highest BCUT2D eigenvalue weighted by Crippen LogP contribution is 2.27. The molecule has 1 atom stereocenters. The maximum Gasteiger partial charge on any atom is 0.335 e. The molecule has 3 aromatic carbocycles. The number of nitrogens with two attached hydrogens (primary N) is 3. The molecule has 6 aromatic heterocycles. The van der Waals surface area contributed by atoms with Crippen LogP contribution in [0.15, 0.2) is 131 Å². The van der Waals surface area contributed by atoms with Crippen molar-refractivity contribution >= 4 is 62.4 Å². The molecule has 1 aliphatic rings. The van der Waals surface area contributed by atoms with E-state index in [4.69, 9.17) is 31.4 Å². The third-order valence-electron chi connectivity index (χ3n) is 10.9. The lowest BCUT2D eigenvalue weighted by Gasteiger charge is -2.12. The number of aryl methyl sites for hydroxylation is 2. The summed E-state index contributed by atoms with van der Waals surface area (Å²) < 4.78 is 10.2. The highest BCUT2D eigenvalue weighted by Gasteiger charge is 2.19. The summed E-state index contributed by atoms with van der Waals surface area (Å²) in [5.41, 5.74) is 28.1. The van der Waals surface area contributed by atoms with E-state index in [1.165, 1.54) is 23.4 Å². The molecule has 0 fully saturated rings. The molecule has 0 aliphatic heterocycles. The average Bonchev–Trinajstić information content (AvgIpc) is 3.88. The summed E-state index contributed by atoms with van der Waals surface area (Å²) >= 11 is 0. The molecule has 15 nitrogen and oxygen atoms in total. The number of carboxylic acid groups (broad SMARTS) is 1. The number of pyridine rings is 4. The summed E-state index contributed by atoms with van der Waals surface area (Å²) in [6, 6.07) is 28.7. The van der Waals surface area contributed by atoms with Crippen molar-refractivity contribution in [3.8, 4) is 0 Å². The molecule has 1 unspecified atom stereocenters. The van der Waals surface area contributed by atoms with Crippen molar-refractivity contribution in [1.82, 2.24) is 35.6 Å². The van der Waals surface area contributed by atoms with Crippen molar-refractivity contribution in [2.45, 2.75) is 47.1 Å². The fourth-order valence-electron chi connectivity index (χ4n) is 7.41. The molecule has 66 heavy (non-hydrogen) atoms. The van der Waals surface area contributed by atoms with Crippen LogP contribution in [0.25, 0.3) is 38.9 Å². The van der Waals surface area contributed by atoms with Crippen molar-refractivity contribution < 1.29 is 23.7 Å². The van der Waals surface area contributed by atoms with E-state index >= 15 is 0 Å². The summed E-state index contributed by atoms with van der Waals surface area (Å²) in [4.78, 5) is 41.3. The van der Waals surface area contributed by atoms with Gasteiger partial charge in [-0.1, -0.05) is 53.1 Å². The highest BCUT2D eigenvalue weighted by molar-refractivity contribution is 5.94. The van der Waals surface area contributed by atoms with Gasteiger partial charge in [-0.05, 0) is 128 Å². The van der Waals surface area contributed by atoms with Crippen LogP contribution in [0, 0.1) is 19.8 Å². The van der Waals surface area contributed by atoms with E-state index in [1.807, 2.05) is 73.9 Å². The average molecular weight is 883 g/mol. The van der Waals surface area contributed by atoms with Crippen LogP contribution in [-0.4, -0.2) is 53.8 Å². The quantitative estimate of drug-likeness (QED) is 0.0913. The fourth-order valence-corrected chi connectivity index (χ4v) is 7.41. The van der Waals surface area contributed by atoms with Crippen LogP contribution in [0.4, 0.5) is 11.6 Å². The van der Waals surface area contributed by atoms with Gasteiger partial charge >= 0.3 is 5.97 Å². The minimum Gasteiger partial charge on any atom is -0.478 e. The second-order valence-electron chi connectivity index (χ2n) is 15.9. The van der Waals surface area contributed by atoms with Crippen LogP contribution >= 0.6 is 0 Å². The molecule has 0 bridgehead atoms. The van der Waals surface area contributed by atoms with Crippen LogP contribution in [0.1, 0.15) is 78.7 Å². The maximum atomic E-state index is 12.7. The van der Waals surface area contributed by atoms with Gasteiger partial charge in [-0.25, -0.2) is 4.79 Å². The lowest BCUT2D eigenvalue weighted by atomic mass is 9.94. The number of fused-ring (bicyclic) bond motifs is 4. The third kappa shape index (κ3) is 11.1. The van der Waals surface area contributed by atoms with Gasteiger partial charge in [0.05, 0.1) is 22.0 Å². The number of hydrogen-bond acceptors (Lipinski definition) is 13. The predicted octanol–water partition coefficient (Wildman–Crippen LogP) is 8.45. The Hall–Kier alpha value is -8.30. The Morgan fingerprint density at radius 2 is 1.32 bits per heavy atom. The van der Waals surface area contributed by atoms with Crippen molar-refractivity contribution in [2.75, 3.05) is 18.0 Å². The fraction of sp³-hybridized carbons (Fsp3) is 0.176. The summed E-state index contributed by atoms with van der Waals surface area (Å²) in [6.45, 7) is 5.11. The number of nitrogen functional groups attached to an aromatic ring is 2. The molecular weight excluding hydrogens is 833 g/mol. The van der Waals surface area contributed by atoms with Gasteiger partial charge in [-0.2, -0.15) is 0 Å². The van der Waals surface area contributed by atoms with Crippen molar-refractivity contribution in [1.29, 1.82) is 0 Å². The number of aromatic nitrogens is 6. The zero-order valence-corrected chi connectivity index (χ0v) is 35.7. The number of carboxylic acids is 1. The highest BCUT2D eigenvalue weighted by atomic mass is 16.5. The smallest absolute Gasteiger partial charge is 0.335 e. The first-order valence-electron chi connectivity index (χ1n) is 20.9. The molecule has 334 valence electrons. The standard InChI is InChI=1S/C25H21N5O2.C17H14N2O2.C8H11N3O.CH4/c1-15-2-5-22-19(8-15)9-17(14-28-22)10-20-12-18(6-7-27-20)25(31)29-13-16-3-4-21-23(11-16)32-30-24(21)26;1-11-2-3-16-14(6-11)7-12(10-19-16)8-15-9-13(17(20)21)4-5-18-15;9-4-5-1-2-7-6(3-5)8(10)11-12-7;/h2-9,11-12,14H,10,13H2,1H3,(H2,26,30)(H,29,31);2-7,9-10H,8H2,1H3,(H,20,21);1-2,5H,3-4,9H2,(H2,10,11);1H4. The van der Waals surface area contributed by atoms with Gasteiger partial charge in [0, 0.05) is 77.5 Å². The summed E-state index contributed by atoms with van der Waals surface area (Å²) in [7, 11) is 0. The van der Waals surface area contributed by atoms with Crippen LogP contribution in [0.2, 0.25) is 0 Å². The summed E-state index contributed by atoms with van der Waals surface area (Å²) in [6.07, 6.45) is 12.8. The molecule has 1 aliphatic carbocycles. The molecule has 6 heterocycles. The molecule has 0 saturated carbocycles. The number of rotatable bonds is 9. The van der Waals surface area contributed by atoms with Gasteiger partial charge in [0.2, 0.25) is 0 Å². The van der Waals surface area contributed by atoms with Crippen LogP contribution in [0.5, 0.6) is 0 Å². The Morgan fingerprint density at radius 3 is 1.94 bits per heavy atom. The molecule has 8 N–H and O–H groups in total. The molecule has 0 saturated heterocycles. The van der Waals surface area contributed by atoms with E-state index in [9.17, 15) is 9.59 Å². The van der Waals surface area contributed by atoms with E-state index in [2.05, 4.69) is 72.8 Å². The van der Waals surface area contributed by atoms with Crippen LogP contribution in [-0.2, 0) is 25.8 Å². The number of hydrogen-bond donors (Lipinski definition) is 5. The summed E-state index contributed by atoms with van der Waals surface area (Å²) in [5, 5.41) is 22.3. The van der Waals surface area contributed by atoms with Gasteiger partial charge in [0.15, 0.2) is 23.0 Å². The van der Waals surface area contributed by atoms with Crippen molar-refractivity contribution in [2.24, 2.45) is 11.7 Å². The van der Waals surface area contributed by atoms with Gasteiger partial charge in [-0.3, -0.25) is 24.7 Å². The number of nitrogens with one attached hydrogen (secondary N) is 1. The second-order valence-corrected chi connectivity index (χ2v) is 15.9. The van der Waals surface area contributed by atoms with Crippen molar-refractivity contribution in [3.63, 3.8) is 0 Å². The molecule has 10 rings (SSSR count). The normalized spacial score (nSPS) is 12.6. The van der Waals surface area contributed by atoms with E-state index in [0.29, 0.717) is 54.6 Å². The molecule has 0 spiro atoms. The monoisotopic (exact) mass is 882 g/mol. The topological polar surface area (TPSA) is 248 Å². The number of carbonyl (C=O) groups excluding carboxylic acids is 1. The van der Waals surface area contributed by atoms with E-state index in [-0.39, 0.29) is 18.9 Å². The minimum absolute atomic E-state index is 0. The minimum atomic E-state index is -0.939. The number of anilines is 2. The Bertz CT molecular complexity index is 3210. The Kier molecular flexibility index (Phi) is 14.2. The third-order valence-corrected chi connectivity index (χ3v) is 10.9. The van der Waals surface area contributed by atoms with E-state index in [1.54, 1.807) is 18.3 Å².